The van der Waals surface area contributed by atoms with Crippen LogP contribution < -0.4 is 5.32 Å². The second-order valence-electron chi connectivity index (χ2n) is 4.32. The van der Waals surface area contributed by atoms with Crippen molar-refractivity contribution in [2.24, 2.45) is 5.92 Å². The lowest BCUT2D eigenvalue weighted by molar-refractivity contribution is 0.0310. The maximum atomic E-state index is 5.82. The molecule has 0 aromatic carbocycles. The Hall–Kier alpha value is -1.00. The minimum absolute atomic E-state index is 0.0376. The van der Waals surface area contributed by atoms with Gasteiger partial charge < -0.3 is 10.1 Å². The van der Waals surface area contributed by atoms with Crippen LogP contribution in [-0.2, 0) is 4.74 Å². The average Bonchev–Trinajstić information content (AvgIpc) is 2.38. The third-order valence-electron chi connectivity index (χ3n) is 2.98. The van der Waals surface area contributed by atoms with Gasteiger partial charge in [0, 0.05) is 18.9 Å². The van der Waals surface area contributed by atoms with Crippen LogP contribution in [-0.4, -0.2) is 29.7 Å². The molecule has 2 heterocycles. The Morgan fingerprint density at radius 3 is 3.19 bits per heavy atom. The summed E-state index contributed by atoms with van der Waals surface area (Å²) in [5, 5.41) is 3.39. The maximum Gasteiger partial charge on any atom is 0.0982 e. The van der Waals surface area contributed by atoms with Gasteiger partial charge in [-0.05, 0) is 32.2 Å². The number of hydrogen-bond acceptors (Lipinski definition) is 4. The molecule has 0 bridgehead atoms. The second-order valence-corrected chi connectivity index (χ2v) is 4.32. The van der Waals surface area contributed by atoms with Gasteiger partial charge in [-0.1, -0.05) is 0 Å². The largest absolute Gasteiger partial charge is 0.372 e. The maximum absolute atomic E-state index is 5.82. The van der Waals surface area contributed by atoms with Crippen molar-refractivity contribution in [1.29, 1.82) is 0 Å². The van der Waals surface area contributed by atoms with E-state index in [0.29, 0.717) is 5.92 Å². The molecule has 1 saturated heterocycles. The van der Waals surface area contributed by atoms with Crippen LogP contribution in [0.2, 0.25) is 0 Å². The van der Waals surface area contributed by atoms with Crippen molar-refractivity contribution in [2.75, 3.05) is 19.7 Å². The van der Waals surface area contributed by atoms with Crippen molar-refractivity contribution in [1.82, 2.24) is 15.3 Å². The molecule has 1 aromatic rings. The van der Waals surface area contributed by atoms with Crippen LogP contribution in [0.1, 0.15) is 31.6 Å². The first-order valence-electron chi connectivity index (χ1n) is 5.94. The van der Waals surface area contributed by atoms with E-state index in [2.05, 4.69) is 15.3 Å². The van der Waals surface area contributed by atoms with E-state index in [1.807, 2.05) is 6.92 Å². The standard InChI is InChI=1S/C12H19N3O/c1-10(12-8-14-5-6-15-12)16-9-11-3-2-4-13-7-11/h5-6,8,10-11,13H,2-4,7,9H2,1H3/t10-,11-/m0/s1. The molecule has 1 N–H and O–H groups in total. The summed E-state index contributed by atoms with van der Waals surface area (Å²) in [5.41, 5.74) is 0.909. The Morgan fingerprint density at radius 1 is 1.56 bits per heavy atom. The third kappa shape index (κ3) is 3.25. The summed E-state index contributed by atoms with van der Waals surface area (Å²) >= 11 is 0. The van der Waals surface area contributed by atoms with Crippen LogP contribution in [0.5, 0.6) is 0 Å². The summed E-state index contributed by atoms with van der Waals surface area (Å²) in [4.78, 5) is 8.28. The molecule has 2 atom stereocenters. The minimum atomic E-state index is 0.0376. The van der Waals surface area contributed by atoms with Crippen molar-refractivity contribution in [3.63, 3.8) is 0 Å². The first-order valence-corrected chi connectivity index (χ1v) is 5.94. The predicted octanol–water partition coefficient (Wildman–Crippen LogP) is 1.55. The highest BCUT2D eigenvalue weighted by molar-refractivity contribution is 4.97. The summed E-state index contributed by atoms with van der Waals surface area (Å²) in [5.74, 6) is 0.646. The Balaban J connectivity index is 1.77. The fourth-order valence-electron chi connectivity index (χ4n) is 1.95. The molecule has 1 fully saturated rings. The van der Waals surface area contributed by atoms with Gasteiger partial charge in [-0.15, -0.1) is 0 Å². The highest BCUT2D eigenvalue weighted by atomic mass is 16.5. The Kier molecular flexibility index (Phi) is 4.25. The molecule has 1 aliphatic heterocycles. The molecule has 4 heteroatoms. The number of ether oxygens (including phenoxy) is 1. The SMILES string of the molecule is C[C@H](OC[C@H]1CCCNC1)c1cnccn1. The highest BCUT2D eigenvalue weighted by Crippen LogP contribution is 2.17. The normalized spacial score (nSPS) is 22.9. The number of hydrogen-bond donors (Lipinski definition) is 1. The number of nitrogens with one attached hydrogen (secondary N) is 1. The minimum Gasteiger partial charge on any atom is -0.372 e. The van der Waals surface area contributed by atoms with Crippen LogP contribution in [0.15, 0.2) is 18.6 Å². The molecule has 0 amide bonds. The van der Waals surface area contributed by atoms with Gasteiger partial charge in [0.15, 0.2) is 0 Å². The van der Waals surface area contributed by atoms with E-state index in [9.17, 15) is 0 Å². The third-order valence-corrected chi connectivity index (χ3v) is 2.98. The molecule has 4 nitrogen and oxygen atoms in total. The molecule has 0 unspecified atom stereocenters. The molecule has 0 saturated carbocycles. The molecule has 1 aliphatic rings. The van der Waals surface area contributed by atoms with E-state index in [0.717, 1.165) is 25.4 Å². The van der Waals surface area contributed by atoms with Crippen molar-refractivity contribution in [3.8, 4) is 0 Å². The van der Waals surface area contributed by atoms with Crippen LogP contribution >= 0.6 is 0 Å². The summed E-state index contributed by atoms with van der Waals surface area (Å²) in [6.45, 7) is 5.06. The first-order chi connectivity index (χ1) is 7.86. The van der Waals surface area contributed by atoms with E-state index in [-0.39, 0.29) is 6.10 Å². The fourth-order valence-corrected chi connectivity index (χ4v) is 1.95. The number of piperidine rings is 1. The zero-order valence-electron chi connectivity index (χ0n) is 9.72. The van der Waals surface area contributed by atoms with Gasteiger partial charge >= 0.3 is 0 Å². The lowest BCUT2D eigenvalue weighted by Crippen LogP contribution is -2.32. The lowest BCUT2D eigenvalue weighted by atomic mass is 10.0. The second kappa shape index (κ2) is 5.92. The zero-order chi connectivity index (χ0) is 11.2. The summed E-state index contributed by atoms with van der Waals surface area (Å²) in [6.07, 6.45) is 7.71. The monoisotopic (exact) mass is 221 g/mol. The van der Waals surface area contributed by atoms with E-state index in [4.69, 9.17) is 4.74 Å². The Bertz CT molecular complexity index is 298. The van der Waals surface area contributed by atoms with Crippen molar-refractivity contribution in [2.45, 2.75) is 25.9 Å². The molecule has 88 valence electrons. The summed E-state index contributed by atoms with van der Waals surface area (Å²) < 4.78 is 5.82. The molecule has 1 aromatic heterocycles. The van der Waals surface area contributed by atoms with Crippen LogP contribution in [0.4, 0.5) is 0 Å². The highest BCUT2D eigenvalue weighted by Gasteiger charge is 2.15. The quantitative estimate of drug-likeness (QED) is 0.838. The van der Waals surface area contributed by atoms with Crippen LogP contribution in [0.25, 0.3) is 0 Å². The van der Waals surface area contributed by atoms with E-state index < -0.39 is 0 Å². The number of nitrogens with zero attached hydrogens (tertiary/aromatic N) is 2. The van der Waals surface area contributed by atoms with Crippen molar-refractivity contribution >= 4 is 0 Å². The van der Waals surface area contributed by atoms with Gasteiger partial charge in [0.1, 0.15) is 0 Å². The van der Waals surface area contributed by atoms with Gasteiger partial charge in [-0.2, -0.15) is 0 Å². The van der Waals surface area contributed by atoms with Gasteiger partial charge in [0.05, 0.1) is 24.6 Å². The first kappa shape index (κ1) is 11.5. The predicted molar refractivity (Wildman–Crippen MR) is 62.0 cm³/mol. The molecule has 16 heavy (non-hydrogen) atoms. The molecule has 2 rings (SSSR count). The smallest absolute Gasteiger partial charge is 0.0982 e. The molecule has 0 spiro atoms. The fraction of sp³-hybridized carbons (Fsp3) is 0.667. The van der Waals surface area contributed by atoms with Crippen LogP contribution in [0, 0.1) is 5.92 Å². The van der Waals surface area contributed by atoms with E-state index in [1.165, 1.54) is 12.8 Å². The number of aromatic nitrogens is 2. The van der Waals surface area contributed by atoms with Gasteiger partial charge in [-0.25, -0.2) is 0 Å². The lowest BCUT2D eigenvalue weighted by Gasteiger charge is -2.24. The Labute approximate surface area is 96.4 Å². The summed E-state index contributed by atoms with van der Waals surface area (Å²) in [7, 11) is 0. The number of rotatable bonds is 4. The topological polar surface area (TPSA) is 47.0 Å². The van der Waals surface area contributed by atoms with Gasteiger partial charge in [0.2, 0.25) is 0 Å². The molecular weight excluding hydrogens is 202 g/mol. The van der Waals surface area contributed by atoms with Gasteiger partial charge in [0.25, 0.3) is 0 Å². The van der Waals surface area contributed by atoms with Crippen molar-refractivity contribution in [3.05, 3.63) is 24.3 Å². The summed E-state index contributed by atoms with van der Waals surface area (Å²) in [6, 6.07) is 0. The van der Waals surface area contributed by atoms with Gasteiger partial charge in [-0.3, -0.25) is 9.97 Å². The zero-order valence-corrected chi connectivity index (χ0v) is 9.72. The van der Waals surface area contributed by atoms with Crippen molar-refractivity contribution < 1.29 is 4.74 Å². The average molecular weight is 221 g/mol. The molecule has 0 aliphatic carbocycles. The Morgan fingerprint density at radius 2 is 2.50 bits per heavy atom. The van der Waals surface area contributed by atoms with E-state index >= 15 is 0 Å². The van der Waals surface area contributed by atoms with E-state index in [1.54, 1.807) is 18.6 Å². The molecule has 0 radical (unpaired) electrons. The van der Waals surface area contributed by atoms with Crippen LogP contribution in [0.3, 0.4) is 0 Å². The molecular formula is C12H19N3O.